The van der Waals surface area contributed by atoms with Gasteiger partial charge < -0.3 is 4.90 Å². The van der Waals surface area contributed by atoms with Crippen LogP contribution in [0.15, 0.2) is 12.3 Å². The van der Waals surface area contributed by atoms with Gasteiger partial charge in [-0.2, -0.15) is 0 Å². The van der Waals surface area contributed by atoms with Gasteiger partial charge in [0.25, 0.3) is 0 Å². The molecular weight excluding hydrogens is 182 g/mol. The Hall–Kier alpha value is -0.190. The quantitative estimate of drug-likeness (QED) is 0.619. The van der Waals surface area contributed by atoms with Crippen LogP contribution in [0.2, 0.25) is 0 Å². The van der Waals surface area contributed by atoms with Crippen LogP contribution < -0.4 is 0 Å². The van der Waals surface area contributed by atoms with E-state index in [0.29, 0.717) is 0 Å². The SMILES string of the molecule is CCSN1C=CCN1CCN(C)C. The van der Waals surface area contributed by atoms with Crippen LogP contribution in [0.3, 0.4) is 0 Å². The normalized spacial score (nSPS) is 17.7. The Morgan fingerprint density at radius 3 is 2.85 bits per heavy atom. The van der Waals surface area contributed by atoms with Gasteiger partial charge in [0.1, 0.15) is 0 Å². The van der Waals surface area contributed by atoms with Gasteiger partial charge in [0.15, 0.2) is 0 Å². The van der Waals surface area contributed by atoms with Crippen molar-refractivity contribution in [3.63, 3.8) is 0 Å². The molecule has 0 aromatic carbocycles. The molecule has 0 aliphatic carbocycles. The largest absolute Gasteiger partial charge is 0.308 e. The number of likely N-dealkylation sites (N-methyl/N-ethyl adjacent to an activating group) is 1. The lowest BCUT2D eigenvalue weighted by Crippen LogP contribution is -2.36. The number of rotatable bonds is 5. The average molecular weight is 201 g/mol. The second-order valence-corrected chi connectivity index (χ2v) is 4.53. The third-order valence-electron chi connectivity index (χ3n) is 1.89. The summed E-state index contributed by atoms with van der Waals surface area (Å²) in [7, 11) is 4.22. The highest BCUT2D eigenvalue weighted by atomic mass is 32.2. The Kier molecular flexibility index (Phi) is 4.62. The van der Waals surface area contributed by atoms with Crippen molar-refractivity contribution in [3.8, 4) is 0 Å². The van der Waals surface area contributed by atoms with Crippen LogP contribution in [0.25, 0.3) is 0 Å². The molecule has 4 heteroatoms. The van der Waals surface area contributed by atoms with Crippen molar-refractivity contribution < 1.29 is 0 Å². The lowest BCUT2D eigenvalue weighted by molar-refractivity contribution is 0.140. The number of hydrazine groups is 1. The highest BCUT2D eigenvalue weighted by Gasteiger charge is 2.15. The molecule has 76 valence electrons. The first-order valence-corrected chi connectivity index (χ1v) is 5.66. The lowest BCUT2D eigenvalue weighted by atomic mass is 10.5. The maximum absolute atomic E-state index is 2.36. The highest BCUT2D eigenvalue weighted by Crippen LogP contribution is 2.18. The summed E-state index contributed by atoms with van der Waals surface area (Å²) in [4.78, 5) is 2.22. The van der Waals surface area contributed by atoms with Crippen molar-refractivity contribution in [1.82, 2.24) is 14.3 Å². The average Bonchev–Trinajstić information content (AvgIpc) is 2.49. The zero-order valence-corrected chi connectivity index (χ0v) is 9.55. The molecule has 1 rings (SSSR count). The van der Waals surface area contributed by atoms with Crippen LogP contribution in [0, 0.1) is 0 Å². The van der Waals surface area contributed by atoms with Gasteiger partial charge in [-0.1, -0.05) is 13.0 Å². The van der Waals surface area contributed by atoms with Crippen LogP contribution in [-0.2, 0) is 0 Å². The van der Waals surface area contributed by atoms with Crippen LogP contribution in [-0.4, -0.2) is 53.8 Å². The summed E-state index contributed by atoms with van der Waals surface area (Å²) in [5, 5.41) is 2.36. The first-order valence-electron chi connectivity index (χ1n) is 4.72. The summed E-state index contributed by atoms with van der Waals surface area (Å²) in [6, 6.07) is 0. The summed E-state index contributed by atoms with van der Waals surface area (Å²) in [6.07, 6.45) is 4.36. The Bertz CT molecular complexity index is 170. The zero-order chi connectivity index (χ0) is 9.68. The van der Waals surface area contributed by atoms with Gasteiger partial charge in [0.2, 0.25) is 0 Å². The van der Waals surface area contributed by atoms with Crippen LogP contribution in [0.1, 0.15) is 6.92 Å². The molecule has 0 radical (unpaired) electrons. The monoisotopic (exact) mass is 201 g/mol. The molecule has 0 saturated heterocycles. The van der Waals surface area contributed by atoms with E-state index in [-0.39, 0.29) is 0 Å². The molecule has 0 aromatic rings. The number of nitrogens with zero attached hydrogens (tertiary/aromatic N) is 3. The predicted molar refractivity (Wildman–Crippen MR) is 59.2 cm³/mol. The molecule has 0 spiro atoms. The third-order valence-corrected chi connectivity index (χ3v) is 2.77. The van der Waals surface area contributed by atoms with E-state index in [1.54, 1.807) is 0 Å². The van der Waals surface area contributed by atoms with Gasteiger partial charge in [0.05, 0.1) is 0 Å². The van der Waals surface area contributed by atoms with E-state index >= 15 is 0 Å². The standard InChI is InChI=1S/C9H19N3S/c1-4-13-12-7-5-6-11(12)9-8-10(2)3/h5,7H,4,6,8-9H2,1-3H3. The van der Waals surface area contributed by atoms with E-state index in [1.165, 1.54) is 0 Å². The molecule has 1 aliphatic heterocycles. The first-order chi connectivity index (χ1) is 6.24. The molecule has 0 bridgehead atoms. The van der Waals surface area contributed by atoms with Gasteiger partial charge in [0, 0.05) is 31.6 Å². The molecule has 0 amide bonds. The second kappa shape index (κ2) is 5.52. The molecular formula is C9H19N3S. The smallest absolute Gasteiger partial charge is 0.0389 e. The van der Waals surface area contributed by atoms with Crippen LogP contribution >= 0.6 is 11.9 Å². The zero-order valence-electron chi connectivity index (χ0n) is 8.73. The number of hydrogen-bond donors (Lipinski definition) is 0. The molecule has 0 unspecified atom stereocenters. The van der Waals surface area contributed by atoms with Crippen molar-refractivity contribution in [1.29, 1.82) is 0 Å². The molecule has 0 saturated carbocycles. The molecule has 13 heavy (non-hydrogen) atoms. The minimum atomic E-state index is 1.06. The van der Waals surface area contributed by atoms with Crippen molar-refractivity contribution in [3.05, 3.63) is 12.3 Å². The molecule has 0 atom stereocenters. The van der Waals surface area contributed by atoms with Gasteiger partial charge in [-0.05, 0) is 26.0 Å². The summed E-state index contributed by atoms with van der Waals surface area (Å²) < 4.78 is 2.24. The molecule has 0 N–H and O–H groups in total. The predicted octanol–water partition coefficient (Wildman–Crippen LogP) is 1.26. The fourth-order valence-corrected chi connectivity index (χ4v) is 1.94. The van der Waals surface area contributed by atoms with E-state index < -0.39 is 0 Å². The summed E-state index contributed by atoms with van der Waals surface area (Å²) in [5.74, 6) is 1.13. The summed E-state index contributed by atoms with van der Waals surface area (Å²) in [6.45, 7) is 5.46. The fourth-order valence-electron chi connectivity index (χ4n) is 1.20. The van der Waals surface area contributed by atoms with Gasteiger partial charge in [-0.25, -0.2) is 5.01 Å². The van der Waals surface area contributed by atoms with E-state index in [1.807, 2.05) is 11.9 Å². The molecule has 3 nitrogen and oxygen atoms in total. The first kappa shape index (κ1) is 10.9. The van der Waals surface area contributed by atoms with Crippen LogP contribution in [0.4, 0.5) is 0 Å². The Morgan fingerprint density at radius 2 is 2.23 bits per heavy atom. The fraction of sp³-hybridized carbons (Fsp3) is 0.778. The third kappa shape index (κ3) is 3.58. The number of hydrogen-bond acceptors (Lipinski definition) is 4. The highest BCUT2D eigenvalue weighted by molar-refractivity contribution is 7.97. The molecule has 1 heterocycles. The van der Waals surface area contributed by atoms with E-state index in [0.717, 1.165) is 25.4 Å². The lowest BCUT2D eigenvalue weighted by Gasteiger charge is -2.28. The van der Waals surface area contributed by atoms with Crippen molar-refractivity contribution in [2.24, 2.45) is 0 Å². The minimum absolute atomic E-state index is 1.06. The minimum Gasteiger partial charge on any atom is -0.308 e. The van der Waals surface area contributed by atoms with Crippen molar-refractivity contribution in [2.75, 3.05) is 39.5 Å². The maximum Gasteiger partial charge on any atom is 0.0389 e. The maximum atomic E-state index is 2.36. The summed E-state index contributed by atoms with van der Waals surface area (Å²) >= 11 is 1.85. The Morgan fingerprint density at radius 1 is 1.46 bits per heavy atom. The van der Waals surface area contributed by atoms with Gasteiger partial charge in [-0.15, -0.1) is 0 Å². The van der Waals surface area contributed by atoms with Gasteiger partial charge in [-0.3, -0.25) is 4.41 Å². The van der Waals surface area contributed by atoms with E-state index in [9.17, 15) is 0 Å². The Labute approximate surface area is 85.5 Å². The molecule has 0 fully saturated rings. The second-order valence-electron chi connectivity index (χ2n) is 3.32. The van der Waals surface area contributed by atoms with E-state index in [4.69, 9.17) is 0 Å². The molecule has 1 aliphatic rings. The topological polar surface area (TPSA) is 9.72 Å². The van der Waals surface area contributed by atoms with Gasteiger partial charge >= 0.3 is 0 Å². The van der Waals surface area contributed by atoms with Crippen molar-refractivity contribution >= 4 is 11.9 Å². The summed E-state index contributed by atoms with van der Waals surface area (Å²) in [5.41, 5.74) is 0. The Balaban J connectivity index is 2.25. The van der Waals surface area contributed by atoms with Crippen LogP contribution in [0.5, 0.6) is 0 Å². The van der Waals surface area contributed by atoms with Crippen molar-refractivity contribution in [2.45, 2.75) is 6.92 Å². The molecule has 0 aromatic heterocycles. The van der Waals surface area contributed by atoms with E-state index in [2.05, 4.69) is 47.6 Å².